The summed E-state index contributed by atoms with van der Waals surface area (Å²) in [6.45, 7) is 5.56. The number of carbonyl (C=O) groups excluding carboxylic acids is 2. The Morgan fingerprint density at radius 3 is 2.52 bits per heavy atom. The molecule has 0 aromatic heterocycles. The number of carbonyl (C=O) groups is 2. The highest BCUT2D eigenvalue weighted by Crippen LogP contribution is 2.39. The van der Waals surface area contributed by atoms with Gasteiger partial charge < -0.3 is 9.84 Å². The van der Waals surface area contributed by atoms with Gasteiger partial charge in [-0.1, -0.05) is 24.3 Å². The number of benzene rings is 1. The summed E-state index contributed by atoms with van der Waals surface area (Å²) >= 11 is 0. The Morgan fingerprint density at radius 1 is 1.12 bits per heavy atom. The molecule has 2 unspecified atom stereocenters. The molecule has 1 N–H and O–H groups in total. The van der Waals surface area contributed by atoms with E-state index in [-0.39, 0.29) is 29.4 Å². The molecule has 180 valence electrons. The Morgan fingerprint density at radius 2 is 1.85 bits per heavy atom. The molecule has 1 aliphatic carbocycles. The number of ketones is 1. The fourth-order valence-electron chi connectivity index (χ4n) is 4.99. The Balaban J connectivity index is 1.41. The van der Waals surface area contributed by atoms with Crippen LogP contribution < -0.4 is 0 Å². The van der Waals surface area contributed by atoms with E-state index in [9.17, 15) is 19.1 Å². The number of aliphatic hydroxyl groups is 1. The average molecular weight is 459 g/mol. The first kappa shape index (κ1) is 24.0. The van der Waals surface area contributed by atoms with Crippen LogP contribution in [-0.4, -0.2) is 72.1 Å². The molecule has 33 heavy (non-hydrogen) atoms. The van der Waals surface area contributed by atoms with Gasteiger partial charge in [0.25, 0.3) is 0 Å². The number of ether oxygens (including phenoxy) is 1. The van der Waals surface area contributed by atoms with Crippen molar-refractivity contribution < 1.29 is 23.8 Å². The highest BCUT2D eigenvalue weighted by Gasteiger charge is 2.41. The topological polar surface area (TPSA) is 70.1 Å². The Bertz CT molecular complexity index is 877. The van der Waals surface area contributed by atoms with Crippen molar-refractivity contribution in [1.82, 2.24) is 9.80 Å². The lowest BCUT2D eigenvalue weighted by atomic mass is 9.92. The maximum absolute atomic E-state index is 14.7. The van der Waals surface area contributed by atoms with Gasteiger partial charge in [0, 0.05) is 31.1 Å². The van der Waals surface area contributed by atoms with Crippen molar-refractivity contribution in [2.75, 3.05) is 39.3 Å². The SMILES string of the molecule is CCOC(=O)C1CCN(CC=C2CN(C(C(=O)C3CC3)c3ccccc3F)CCC2O)CC1. The highest BCUT2D eigenvalue weighted by molar-refractivity contribution is 5.89. The zero-order valence-electron chi connectivity index (χ0n) is 19.4. The van der Waals surface area contributed by atoms with Crippen molar-refractivity contribution in [1.29, 1.82) is 0 Å². The second-order valence-electron chi connectivity index (χ2n) is 9.48. The van der Waals surface area contributed by atoms with Gasteiger partial charge >= 0.3 is 5.97 Å². The van der Waals surface area contributed by atoms with Gasteiger partial charge in [0.05, 0.1) is 24.7 Å². The van der Waals surface area contributed by atoms with Gasteiger partial charge in [0.15, 0.2) is 5.78 Å². The van der Waals surface area contributed by atoms with Crippen LogP contribution in [0.5, 0.6) is 0 Å². The van der Waals surface area contributed by atoms with Crippen LogP contribution in [0.1, 0.15) is 50.6 Å². The Hall–Kier alpha value is -2.09. The summed E-state index contributed by atoms with van der Waals surface area (Å²) in [5.74, 6) is -0.364. The minimum absolute atomic E-state index is 0.0228. The highest BCUT2D eigenvalue weighted by atomic mass is 19.1. The molecule has 0 amide bonds. The van der Waals surface area contributed by atoms with Crippen molar-refractivity contribution in [2.45, 2.75) is 51.2 Å². The van der Waals surface area contributed by atoms with E-state index in [0.717, 1.165) is 44.3 Å². The van der Waals surface area contributed by atoms with E-state index in [2.05, 4.69) is 11.0 Å². The second kappa shape index (κ2) is 10.9. The van der Waals surface area contributed by atoms with Gasteiger partial charge in [-0.3, -0.25) is 19.4 Å². The lowest BCUT2D eigenvalue weighted by Gasteiger charge is -2.38. The first-order chi connectivity index (χ1) is 16.0. The molecule has 1 aromatic carbocycles. The van der Waals surface area contributed by atoms with E-state index in [0.29, 0.717) is 38.2 Å². The summed E-state index contributed by atoms with van der Waals surface area (Å²) in [6, 6.07) is 5.95. The maximum Gasteiger partial charge on any atom is 0.309 e. The van der Waals surface area contributed by atoms with Crippen molar-refractivity contribution >= 4 is 11.8 Å². The van der Waals surface area contributed by atoms with E-state index in [1.165, 1.54) is 6.07 Å². The molecule has 1 saturated carbocycles. The van der Waals surface area contributed by atoms with E-state index in [4.69, 9.17) is 4.74 Å². The van der Waals surface area contributed by atoms with E-state index >= 15 is 0 Å². The third-order valence-electron chi connectivity index (χ3n) is 7.14. The number of hydrogen-bond donors (Lipinski definition) is 1. The molecule has 2 atom stereocenters. The minimum Gasteiger partial charge on any atom is -0.466 e. The molecular formula is C26H35FN2O4. The van der Waals surface area contributed by atoms with Crippen molar-refractivity contribution in [3.05, 3.63) is 47.3 Å². The van der Waals surface area contributed by atoms with Crippen LogP contribution in [0.4, 0.5) is 4.39 Å². The molecule has 2 aliphatic heterocycles. The van der Waals surface area contributed by atoms with Gasteiger partial charge in [0.2, 0.25) is 0 Å². The smallest absolute Gasteiger partial charge is 0.309 e. The van der Waals surface area contributed by atoms with Crippen LogP contribution in [0.3, 0.4) is 0 Å². The molecule has 0 bridgehead atoms. The molecule has 4 rings (SSSR count). The number of hydrogen-bond acceptors (Lipinski definition) is 6. The Labute approximate surface area is 195 Å². The zero-order valence-corrected chi connectivity index (χ0v) is 19.4. The standard InChI is InChI=1S/C26H35FN2O4/c1-2-33-26(32)19-9-13-28(14-10-19)15-11-20-17-29(16-12-23(20)30)24(25(31)18-7-8-18)21-5-3-4-6-22(21)27/h3-6,11,18-19,23-24,30H,2,7-10,12-17H2,1H3. The van der Waals surface area contributed by atoms with E-state index < -0.39 is 12.1 Å². The van der Waals surface area contributed by atoms with Crippen molar-refractivity contribution in [3.8, 4) is 0 Å². The zero-order chi connectivity index (χ0) is 23.4. The molecular weight excluding hydrogens is 423 g/mol. The number of aliphatic hydroxyl groups excluding tert-OH is 1. The van der Waals surface area contributed by atoms with Gasteiger partial charge in [0.1, 0.15) is 5.82 Å². The molecule has 3 aliphatic rings. The summed E-state index contributed by atoms with van der Waals surface area (Å²) in [7, 11) is 0. The minimum atomic E-state index is -0.602. The molecule has 1 aromatic rings. The lowest BCUT2D eigenvalue weighted by Crippen LogP contribution is -2.44. The number of rotatable bonds is 8. The Kier molecular flexibility index (Phi) is 7.94. The summed E-state index contributed by atoms with van der Waals surface area (Å²) < 4.78 is 19.8. The third-order valence-corrected chi connectivity index (χ3v) is 7.14. The van der Waals surface area contributed by atoms with E-state index in [1.54, 1.807) is 18.2 Å². The number of halogens is 1. The largest absolute Gasteiger partial charge is 0.466 e. The van der Waals surface area contributed by atoms with Gasteiger partial charge in [-0.15, -0.1) is 0 Å². The molecule has 0 spiro atoms. The van der Waals surface area contributed by atoms with Crippen molar-refractivity contribution in [2.24, 2.45) is 11.8 Å². The molecule has 3 fully saturated rings. The second-order valence-corrected chi connectivity index (χ2v) is 9.48. The van der Waals surface area contributed by atoms with Crippen LogP contribution in [0, 0.1) is 17.7 Å². The summed E-state index contributed by atoms with van der Waals surface area (Å²) in [4.78, 5) is 29.4. The first-order valence-electron chi connectivity index (χ1n) is 12.3. The molecule has 0 radical (unpaired) electrons. The fourth-order valence-corrected chi connectivity index (χ4v) is 4.99. The average Bonchev–Trinajstić information content (AvgIpc) is 3.66. The van der Waals surface area contributed by atoms with Gasteiger partial charge in [-0.05, 0) is 63.8 Å². The number of nitrogens with zero attached hydrogens (tertiary/aromatic N) is 2. The lowest BCUT2D eigenvalue weighted by molar-refractivity contribution is -0.149. The van der Waals surface area contributed by atoms with Crippen molar-refractivity contribution in [3.63, 3.8) is 0 Å². The number of Topliss-reactive ketones (excluding diaryl/α,β-unsaturated/α-hetero) is 1. The number of piperidine rings is 2. The molecule has 6 nitrogen and oxygen atoms in total. The van der Waals surface area contributed by atoms with Crippen LogP contribution in [0.2, 0.25) is 0 Å². The van der Waals surface area contributed by atoms with E-state index in [1.807, 2.05) is 11.8 Å². The monoisotopic (exact) mass is 458 g/mol. The number of likely N-dealkylation sites (tertiary alicyclic amines) is 2. The first-order valence-corrected chi connectivity index (χ1v) is 12.3. The predicted molar refractivity (Wildman–Crippen MR) is 123 cm³/mol. The molecule has 7 heteroatoms. The van der Waals surface area contributed by atoms with Crippen LogP contribution in [0.15, 0.2) is 35.9 Å². The fraction of sp³-hybridized carbons (Fsp3) is 0.615. The van der Waals surface area contributed by atoms with Gasteiger partial charge in [-0.25, -0.2) is 4.39 Å². The summed E-state index contributed by atoms with van der Waals surface area (Å²) in [6.07, 6.45) is 5.36. The number of esters is 1. The predicted octanol–water partition coefficient (Wildman–Crippen LogP) is 3.11. The quantitative estimate of drug-likeness (QED) is 0.477. The van der Waals surface area contributed by atoms with Gasteiger partial charge in [-0.2, -0.15) is 0 Å². The molecule has 2 saturated heterocycles. The van der Waals surface area contributed by atoms with Crippen LogP contribution >= 0.6 is 0 Å². The summed E-state index contributed by atoms with van der Waals surface area (Å²) in [5.41, 5.74) is 1.32. The summed E-state index contributed by atoms with van der Waals surface area (Å²) in [5, 5.41) is 10.6. The maximum atomic E-state index is 14.7. The third kappa shape index (κ3) is 5.89. The normalized spacial score (nSPS) is 25.2. The molecule has 2 heterocycles. The van der Waals surface area contributed by atoms with Crippen LogP contribution in [0.25, 0.3) is 0 Å². The van der Waals surface area contributed by atoms with Crippen LogP contribution in [-0.2, 0) is 14.3 Å².